The molecule has 0 N–H and O–H groups in total. The van der Waals surface area contributed by atoms with Gasteiger partial charge in [0.15, 0.2) is 0 Å². The predicted octanol–water partition coefficient (Wildman–Crippen LogP) is 8.29. The van der Waals surface area contributed by atoms with Crippen molar-refractivity contribution in [3.8, 4) is 0 Å². The molecule has 1 unspecified atom stereocenters. The Kier molecular flexibility index (Phi) is 9.87. The van der Waals surface area contributed by atoms with Crippen LogP contribution in [0.25, 0.3) is 5.32 Å². The first-order valence-corrected chi connectivity index (χ1v) is 12.6. The molecule has 0 aliphatic rings. The van der Waals surface area contributed by atoms with Gasteiger partial charge in [-0.1, -0.05) is 66.6 Å². The van der Waals surface area contributed by atoms with Crippen LogP contribution in [0.1, 0.15) is 48.0 Å². The number of rotatable bonds is 5. The first kappa shape index (κ1) is 24.4. The van der Waals surface area contributed by atoms with Crippen molar-refractivity contribution in [2.24, 2.45) is 4.99 Å². The second kappa shape index (κ2) is 12.1. The van der Waals surface area contributed by atoms with Gasteiger partial charge in [0.2, 0.25) is 0 Å². The average Bonchev–Trinajstić information content (AvgIpc) is 2.73. The molecule has 0 saturated heterocycles. The van der Waals surface area contributed by atoms with Gasteiger partial charge < -0.3 is 5.32 Å². The zero-order valence-corrected chi connectivity index (χ0v) is 20.4. The van der Waals surface area contributed by atoms with Crippen molar-refractivity contribution in [3.63, 3.8) is 0 Å². The van der Waals surface area contributed by atoms with E-state index in [-0.39, 0.29) is 19.2 Å². The fourth-order valence-corrected chi connectivity index (χ4v) is 3.08. The molecule has 1 heterocycles. The molecule has 3 nitrogen and oxygen atoms in total. The van der Waals surface area contributed by atoms with E-state index in [0.29, 0.717) is 0 Å². The van der Waals surface area contributed by atoms with Gasteiger partial charge in [0.25, 0.3) is 0 Å². The van der Waals surface area contributed by atoms with E-state index in [9.17, 15) is 0 Å². The predicted molar refractivity (Wildman–Crippen MR) is 126 cm³/mol. The third-order valence-corrected chi connectivity index (χ3v) is 4.74. The second-order valence-electron chi connectivity index (χ2n) is 7.03. The minimum atomic E-state index is -0.0176. The van der Waals surface area contributed by atoms with Gasteiger partial charge in [-0.3, -0.25) is 9.98 Å². The molecule has 0 aliphatic heterocycles. The maximum absolute atomic E-state index is 4.92. The van der Waals surface area contributed by atoms with Crippen LogP contribution in [0.3, 0.4) is 0 Å². The molecule has 0 bridgehead atoms. The fraction of sp³-hybridized carbons (Fsp3) is 0.250. The molecule has 3 aromatic rings. The van der Waals surface area contributed by atoms with Gasteiger partial charge >= 0.3 is 33.3 Å². The molecular weight excluding hydrogens is 457 g/mol. The van der Waals surface area contributed by atoms with Gasteiger partial charge in [0, 0.05) is 5.69 Å². The summed E-state index contributed by atoms with van der Waals surface area (Å²) in [6.45, 7) is 10.4. The molecule has 0 spiro atoms. The number of hydrogen-bond donors (Lipinski definition) is 0. The standard InChI is InChI=1S/C24H26N3.2ClH.Fe/c1-16-10-6-7-13-21(16)25-19(4)22-14-9-15-23(27-22)20(5)26-24-17(2)11-8-12-18(24)3;;;/h6-15,20H,1-5H3;2*1H;/q-1;;;+3/p-2. The number of para-hydroxylation sites is 2. The van der Waals surface area contributed by atoms with Crippen LogP contribution in [0.2, 0.25) is 0 Å². The zero-order valence-electron chi connectivity index (χ0n) is 17.8. The van der Waals surface area contributed by atoms with Gasteiger partial charge in [0.05, 0.1) is 17.1 Å². The summed E-state index contributed by atoms with van der Waals surface area (Å²) in [6.07, 6.45) is 0. The summed E-state index contributed by atoms with van der Waals surface area (Å²) in [5, 5.41) is 4.92. The maximum atomic E-state index is 4.92. The van der Waals surface area contributed by atoms with Crippen LogP contribution in [0.15, 0.2) is 65.7 Å². The Morgan fingerprint density at radius 1 is 0.900 bits per heavy atom. The number of benzene rings is 2. The van der Waals surface area contributed by atoms with Gasteiger partial charge in [-0.2, -0.15) is 0 Å². The van der Waals surface area contributed by atoms with Crippen molar-refractivity contribution in [1.82, 2.24) is 4.98 Å². The minimum absolute atomic E-state index is 0.0176. The van der Waals surface area contributed by atoms with Crippen molar-refractivity contribution >= 4 is 37.3 Å². The molecule has 3 rings (SSSR count). The van der Waals surface area contributed by atoms with Crippen molar-refractivity contribution in [1.29, 1.82) is 0 Å². The van der Waals surface area contributed by atoms with Crippen LogP contribution in [0.5, 0.6) is 0 Å². The van der Waals surface area contributed by atoms with Gasteiger partial charge in [-0.05, 0) is 51.5 Å². The van der Waals surface area contributed by atoms with Crippen molar-refractivity contribution in [2.75, 3.05) is 0 Å². The average molecular weight is 483 g/mol. The monoisotopic (exact) mass is 482 g/mol. The van der Waals surface area contributed by atoms with E-state index in [4.69, 9.17) is 35.5 Å². The topological polar surface area (TPSA) is 39.4 Å². The van der Waals surface area contributed by atoms with E-state index in [1.54, 1.807) is 0 Å². The fourth-order valence-electron chi connectivity index (χ4n) is 3.08. The second-order valence-corrected chi connectivity index (χ2v) is 8.85. The summed E-state index contributed by atoms with van der Waals surface area (Å²) in [5.41, 5.74) is 8.33. The first-order chi connectivity index (χ1) is 14.4. The number of aryl methyl sites for hydroxylation is 3. The van der Waals surface area contributed by atoms with E-state index >= 15 is 0 Å². The van der Waals surface area contributed by atoms with E-state index in [1.807, 2.05) is 43.3 Å². The third kappa shape index (κ3) is 6.85. The van der Waals surface area contributed by atoms with Crippen molar-refractivity contribution < 1.29 is 13.1 Å². The summed E-state index contributed by atoms with van der Waals surface area (Å²) < 4.78 is 0. The van der Waals surface area contributed by atoms with E-state index < -0.39 is 0 Å². The summed E-state index contributed by atoms with van der Waals surface area (Å²) >= 11 is 0.194. The molecule has 2 aromatic carbocycles. The van der Waals surface area contributed by atoms with Gasteiger partial charge in [0.1, 0.15) is 0 Å². The Bertz CT molecular complexity index is 985. The molecule has 1 aromatic heterocycles. The summed E-state index contributed by atoms with van der Waals surface area (Å²) in [4.78, 5) is 9.59. The Morgan fingerprint density at radius 3 is 2.10 bits per heavy atom. The number of aromatic nitrogens is 1. The Morgan fingerprint density at radius 2 is 1.47 bits per heavy atom. The van der Waals surface area contributed by atoms with Crippen molar-refractivity contribution in [2.45, 2.75) is 40.7 Å². The zero-order chi connectivity index (χ0) is 22.1. The molecule has 0 aliphatic carbocycles. The molecule has 6 heteroatoms. The van der Waals surface area contributed by atoms with Crippen LogP contribution in [0.4, 0.5) is 11.4 Å². The first-order valence-electron chi connectivity index (χ1n) is 9.57. The Balaban J connectivity index is 0.00000101. The van der Waals surface area contributed by atoms with Crippen LogP contribution in [-0.4, -0.2) is 10.7 Å². The summed E-state index contributed by atoms with van der Waals surface area (Å²) in [5.74, 6) is 0. The quantitative estimate of drug-likeness (QED) is 0.266. The Hall–Kier alpha value is -1.84. The number of nitrogens with zero attached hydrogens (tertiary/aromatic N) is 3. The van der Waals surface area contributed by atoms with Crippen LogP contribution >= 0.6 is 20.2 Å². The molecule has 0 amide bonds. The van der Waals surface area contributed by atoms with Crippen LogP contribution in [0, 0.1) is 20.8 Å². The number of halogens is 2. The molecule has 0 fully saturated rings. The SMILES string of the molecule is CC(=Nc1ccccc1C)c1cccc(C(C)[N-]c2c(C)cccc2C)n1.[Cl][Fe+][Cl]. The van der Waals surface area contributed by atoms with Gasteiger partial charge in [-0.15, -0.1) is 5.69 Å². The van der Waals surface area contributed by atoms with Crippen molar-refractivity contribution in [3.05, 3.63) is 94.1 Å². The molecule has 30 heavy (non-hydrogen) atoms. The summed E-state index contributed by atoms with van der Waals surface area (Å²) in [7, 11) is 9.53. The van der Waals surface area contributed by atoms with Gasteiger partial charge in [-0.25, -0.2) is 0 Å². The van der Waals surface area contributed by atoms with E-state index in [1.165, 1.54) is 11.1 Å². The third-order valence-electron chi connectivity index (χ3n) is 4.74. The number of hydrogen-bond acceptors (Lipinski definition) is 2. The Labute approximate surface area is 194 Å². The summed E-state index contributed by atoms with van der Waals surface area (Å²) in [6, 6.07) is 20.5. The molecular formula is C24H26Cl2FeN3. The molecule has 0 saturated carbocycles. The number of pyridine rings is 1. The normalized spacial score (nSPS) is 12.0. The van der Waals surface area contributed by atoms with Crippen LogP contribution < -0.4 is 0 Å². The molecule has 1 atom stereocenters. The molecule has 0 radical (unpaired) electrons. The number of aliphatic imine (C=N–C) groups is 1. The van der Waals surface area contributed by atoms with E-state index in [2.05, 4.69) is 52.0 Å². The van der Waals surface area contributed by atoms with E-state index in [0.717, 1.165) is 34.0 Å². The molecule has 159 valence electrons. The van der Waals surface area contributed by atoms with Crippen LogP contribution in [-0.2, 0) is 13.1 Å².